The van der Waals surface area contributed by atoms with Crippen molar-refractivity contribution in [2.45, 2.75) is 36.9 Å². The Kier molecular flexibility index (Phi) is 4.73. The van der Waals surface area contributed by atoms with E-state index in [1.54, 1.807) is 0 Å². The predicted octanol–water partition coefficient (Wildman–Crippen LogP) is 2.01. The molecule has 7 heteroatoms. The van der Waals surface area contributed by atoms with Crippen molar-refractivity contribution in [2.75, 3.05) is 12.4 Å². The van der Waals surface area contributed by atoms with Gasteiger partial charge < -0.3 is 10.3 Å². The van der Waals surface area contributed by atoms with Gasteiger partial charge in [-0.2, -0.15) is 0 Å². The quantitative estimate of drug-likeness (QED) is 0.647. The van der Waals surface area contributed by atoms with Gasteiger partial charge in [0, 0.05) is 31.3 Å². The topological polar surface area (TPSA) is 83.6 Å². The number of aromatic amines is 1. The largest absolute Gasteiger partial charge is 0.373 e. The fraction of sp³-hybridized carbons (Fsp3) is 0.385. The summed E-state index contributed by atoms with van der Waals surface area (Å²) in [4.78, 5) is 27.1. The summed E-state index contributed by atoms with van der Waals surface area (Å²) in [6.45, 7) is 4.04. The van der Waals surface area contributed by atoms with E-state index < -0.39 is 0 Å². The average Bonchev–Trinajstić information content (AvgIpc) is 2.42. The van der Waals surface area contributed by atoms with Gasteiger partial charge in [0.15, 0.2) is 5.16 Å². The molecule has 0 aliphatic carbocycles. The predicted molar refractivity (Wildman–Crippen MR) is 79.3 cm³/mol. The van der Waals surface area contributed by atoms with E-state index in [9.17, 15) is 4.79 Å². The standard InChI is InChI=1S/C13H17N5OS/c1-4-5-9-16-11(14-3)8(2)12(17-9)20-13-15-7-6-10(19)18-13/h6-7H,4-5H2,1-3H3,(H,14,16,17)(H,15,18,19). The molecule has 2 heterocycles. The van der Waals surface area contributed by atoms with E-state index in [2.05, 4.69) is 32.2 Å². The van der Waals surface area contributed by atoms with Crippen LogP contribution in [-0.2, 0) is 6.42 Å². The number of aryl methyl sites for hydroxylation is 1. The van der Waals surface area contributed by atoms with Crippen molar-refractivity contribution in [3.8, 4) is 0 Å². The van der Waals surface area contributed by atoms with Gasteiger partial charge in [-0.05, 0) is 25.1 Å². The molecule has 0 saturated heterocycles. The Hall–Kier alpha value is -1.89. The molecule has 2 rings (SSSR count). The van der Waals surface area contributed by atoms with Gasteiger partial charge in [0.2, 0.25) is 0 Å². The Morgan fingerprint density at radius 3 is 2.85 bits per heavy atom. The Labute approximate surface area is 121 Å². The van der Waals surface area contributed by atoms with Crippen molar-refractivity contribution in [1.82, 2.24) is 19.9 Å². The maximum atomic E-state index is 11.3. The SMILES string of the molecule is CCCc1nc(NC)c(C)c(Sc2nccc(=O)[nH]2)n1. The molecule has 2 aromatic heterocycles. The van der Waals surface area contributed by atoms with Gasteiger partial charge in [0.05, 0.1) is 0 Å². The number of H-pyrrole nitrogens is 1. The molecule has 0 atom stereocenters. The number of anilines is 1. The number of nitrogens with zero attached hydrogens (tertiary/aromatic N) is 3. The lowest BCUT2D eigenvalue weighted by atomic mass is 10.3. The minimum atomic E-state index is -0.170. The van der Waals surface area contributed by atoms with Crippen molar-refractivity contribution in [3.05, 3.63) is 34.0 Å². The third-order valence-electron chi connectivity index (χ3n) is 2.70. The number of hydrogen-bond acceptors (Lipinski definition) is 6. The molecule has 0 aromatic carbocycles. The Morgan fingerprint density at radius 1 is 1.40 bits per heavy atom. The summed E-state index contributed by atoms with van der Waals surface area (Å²) >= 11 is 1.34. The summed E-state index contributed by atoms with van der Waals surface area (Å²) in [5.41, 5.74) is 0.778. The molecule has 0 fully saturated rings. The maximum Gasteiger partial charge on any atom is 0.251 e. The van der Waals surface area contributed by atoms with Crippen LogP contribution in [0, 0.1) is 6.92 Å². The van der Waals surface area contributed by atoms with Crippen molar-refractivity contribution in [1.29, 1.82) is 0 Å². The van der Waals surface area contributed by atoms with Crippen LogP contribution in [-0.4, -0.2) is 27.0 Å². The first kappa shape index (κ1) is 14.5. The molecule has 6 nitrogen and oxygen atoms in total. The van der Waals surface area contributed by atoms with Crippen molar-refractivity contribution < 1.29 is 0 Å². The van der Waals surface area contributed by atoms with Crippen molar-refractivity contribution in [2.24, 2.45) is 0 Å². The molecule has 20 heavy (non-hydrogen) atoms. The highest BCUT2D eigenvalue weighted by Gasteiger charge is 2.12. The van der Waals surface area contributed by atoms with E-state index in [1.807, 2.05) is 14.0 Å². The van der Waals surface area contributed by atoms with Gasteiger partial charge in [0.25, 0.3) is 5.56 Å². The van der Waals surface area contributed by atoms with Crippen LogP contribution in [0.5, 0.6) is 0 Å². The second-order valence-corrected chi connectivity index (χ2v) is 5.24. The van der Waals surface area contributed by atoms with Gasteiger partial charge in [0.1, 0.15) is 16.7 Å². The second kappa shape index (κ2) is 6.51. The molecule has 0 aliphatic rings. The highest BCUT2D eigenvalue weighted by atomic mass is 32.2. The maximum absolute atomic E-state index is 11.3. The monoisotopic (exact) mass is 291 g/mol. The van der Waals surface area contributed by atoms with Crippen LogP contribution in [0.25, 0.3) is 0 Å². The van der Waals surface area contributed by atoms with Crippen LogP contribution in [0.4, 0.5) is 5.82 Å². The Bertz CT molecular complexity index is 655. The third-order valence-corrected chi connectivity index (χ3v) is 3.69. The van der Waals surface area contributed by atoms with E-state index in [-0.39, 0.29) is 5.56 Å². The van der Waals surface area contributed by atoms with E-state index in [0.29, 0.717) is 5.16 Å². The smallest absolute Gasteiger partial charge is 0.251 e. The molecule has 0 spiro atoms. The average molecular weight is 291 g/mol. The van der Waals surface area contributed by atoms with Crippen LogP contribution in [0.15, 0.2) is 27.2 Å². The zero-order valence-corrected chi connectivity index (χ0v) is 12.5. The summed E-state index contributed by atoms with van der Waals surface area (Å²) in [6, 6.07) is 1.39. The van der Waals surface area contributed by atoms with Crippen LogP contribution >= 0.6 is 11.8 Å². The van der Waals surface area contributed by atoms with Crippen molar-refractivity contribution >= 4 is 17.6 Å². The highest BCUT2D eigenvalue weighted by molar-refractivity contribution is 7.99. The Balaban J connectivity index is 2.39. The zero-order valence-electron chi connectivity index (χ0n) is 11.7. The van der Waals surface area contributed by atoms with Crippen LogP contribution in [0.3, 0.4) is 0 Å². The lowest BCUT2D eigenvalue weighted by molar-refractivity contribution is 0.802. The molecule has 0 unspecified atom stereocenters. The molecular weight excluding hydrogens is 274 g/mol. The lowest BCUT2D eigenvalue weighted by Crippen LogP contribution is -2.07. The molecule has 0 aliphatic heterocycles. The molecule has 0 bridgehead atoms. The summed E-state index contributed by atoms with van der Waals surface area (Å²) in [5, 5.41) is 4.41. The highest BCUT2D eigenvalue weighted by Crippen LogP contribution is 2.28. The van der Waals surface area contributed by atoms with E-state index in [4.69, 9.17) is 0 Å². The van der Waals surface area contributed by atoms with E-state index in [1.165, 1.54) is 24.0 Å². The van der Waals surface area contributed by atoms with Gasteiger partial charge in [-0.25, -0.2) is 15.0 Å². The Morgan fingerprint density at radius 2 is 2.20 bits per heavy atom. The first-order valence-electron chi connectivity index (χ1n) is 6.42. The normalized spacial score (nSPS) is 10.6. The second-order valence-electron chi connectivity index (χ2n) is 4.26. The van der Waals surface area contributed by atoms with Crippen molar-refractivity contribution in [3.63, 3.8) is 0 Å². The fourth-order valence-electron chi connectivity index (χ4n) is 1.71. The molecule has 0 amide bonds. The summed E-state index contributed by atoms with van der Waals surface area (Å²) in [7, 11) is 1.84. The lowest BCUT2D eigenvalue weighted by Gasteiger charge is -2.11. The number of aromatic nitrogens is 4. The van der Waals surface area contributed by atoms with Gasteiger partial charge in [-0.3, -0.25) is 4.79 Å². The van der Waals surface area contributed by atoms with Crippen LogP contribution < -0.4 is 10.9 Å². The van der Waals surface area contributed by atoms with Crippen LogP contribution in [0.1, 0.15) is 24.7 Å². The minimum Gasteiger partial charge on any atom is -0.373 e. The molecule has 2 N–H and O–H groups in total. The van der Waals surface area contributed by atoms with Gasteiger partial charge >= 0.3 is 0 Å². The van der Waals surface area contributed by atoms with Gasteiger partial charge in [-0.1, -0.05) is 6.92 Å². The summed E-state index contributed by atoms with van der Waals surface area (Å²) in [5.74, 6) is 1.60. The molecular formula is C13H17N5OS. The number of nitrogens with one attached hydrogen (secondary N) is 2. The minimum absolute atomic E-state index is 0.170. The molecule has 106 valence electrons. The van der Waals surface area contributed by atoms with Crippen LogP contribution in [0.2, 0.25) is 0 Å². The molecule has 2 aromatic rings. The third kappa shape index (κ3) is 3.36. The van der Waals surface area contributed by atoms with Gasteiger partial charge in [-0.15, -0.1) is 0 Å². The molecule has 0 saturated carbocycles. The number of hydrogen-bond donors (Lipinski definition) is 2. The zero-order chi connectivity index (χ0) is 14.5. The van der Waals surface area contributed by atoms with E-state index in [0.717, 1.165) is 35.1 Å². The fourth-order valence-corrected chi connectivity index (χ4v) is 2.56. The summed E-state index contributed by atoms with van der Waals surface area (Å²) in [6.07, 6.45) is 3.29. The van der Waals surface area contributed by atoms with E-state index >= 15 is 0 Å². The first-order chi connectivity index (χ1) is 9.63. The molecule has 0 radical (unpaired) electrons. The summed E-state index contributed by atoms with van der Waals surface area (Å²) < 4.78 is 0. The number of rotatable bonds is 5. The first-order valence-corrected chi connectivity index (χ1v) is 7.24.